The van der Waals surface area contributed by atoms with E-state index in [-0.39, 0.29) is 68.1 Å². The zero-order valence-corrected chi connectivity index (χ0v) is 26.8. The summed E-state index contributed by atoms with van der Waals surface area (Å²) >= 11 is 0. The molecule has 4 N–H and O–H groups in total. The molecule has 0 saturated heterocycles. The number of aromatic amines is 1. The molecule has 1 aliphatic heterocycles. The Kier molecular flexibility index (Phi) is 6.58. The van der Waals surface area contributed by atoms with Crippen LogP contribution >= 0.6 is 0 Å². The van der Waals surface area contributed by atoms with Gasteiger partial charge in [-0.2, -0.15) is 16.8 Å². The van der Waals surface area contributed by atoms with E-state index in [1.165, 1.54) is 6.33 Å². The number of ether oxygens (including phenoxy) is 1. The third kappa shape index (κ3) is 4.77. The fourth-order valence-electron chi connectivity index (χ4n) is 7.64. The SMILES string of the molecule is CC1CC(C)(C)Cc2c1cc1c(c2S(=O)(=O)O)Oc2c(S(=O)(=O)O)c3c(cc2=C1c1nc[nH]c1C(=O)O)C(C)CC(C)(C)C=3. The number of carboxylic acids is 1. The summed E-state index contributed by atoms with van der Waals surface area (Å²) in [5, 5.41) is 10.4. The molecule has 0 amide bonds. The lowest BCUT2D eigenvalue weighted by Gasteiger charge is -2.38. The molecule has 3 aliphatic rings. The third-order valence-corrected chi connectivity index (χ3v) is 10.8. The van der Waals surface area contributed by atoms with Crippen molar-refractivity contribution in [3.8, 4) is 11.5 Å². The number of hydrogen-bond donors (Lipinski definition) is 4. The monoisotopic (exact) mass is 642 g/mol. The van der Waals surface area contributed by atoms with Crippen molar-refractivity contribution in [2.75, 3.05) is 0 Å². The summed E-state index contributed by atoms with van der Waals surface area (Å²) in [4.78, 5) is 18.1. The number of carboxylic acid groups (broad SMARTS) is 1. The molecule has 234 valence electrons. The summed E-state index contributed by atoms with van der Waals surface area (Å²) < 4.78 is 80.4. The van der Waals surface area contributed by atoms with Gasteiger partial charge in [0.25, 0.3) is 20.2 Å². The molecule has 0 saturated carbocycles. The minimum absolute atomic E-state index is 0.0812. The molecule has 2 atom stereocenters. The third-order valence-electron chi connectivity index (χ3n) is 8.97. The first kappa shape index (κ1) is 30.5. The molecule has 0 fully saturated rings. The smallest absolute Gasteiger partial charge is 0.354 e. The van der Waals surface area contributed by atoms with Crippen LogP contribution in [-0.2, 0) is 26.7 Å². The fourth-order valence-corrected chi connectivity index (χ4v) is 9.37. The molecule has 44 heavy (non-hydrogen) atoms. The Morgan fingerprint density at radius 1 is 0.955 bits per heavy atom. The molecular weight excluding hydrogens is 608 g/mol. The number of fused-ring (bicyclic) bond motifs is 4. The van der Waals surface area contributed by atoms with E-state index < -0.39 is 41.4 Å². The number of carbonyl (C=O) groups is 1. The van der Waals surface area contributed by atoms with E-state index in [0.717, 1.165) is 0 Å². The molecule has 11 nitrogen and oxygen atoms in total. The van der Waals surface area contributed by atoms with Gasteiger partial charge in [0.15, 0.2) is 17.2 Å². The van der Waals surface area contributed by atoms with Crippen LogP contribution in [0.25, 0.3) is 11.6 Å². The minimum atomic E-state index is -5.00. The summed E-state index contributed by atoms with van der Waals surface area (Å²) in [6.07, 6.45) is 4.56. The second kappa shape index (κ2) is 9.49. The van der Waals surface area contributed by atoms with E-state index >= 15 is 0 Å². The molecule has 1 aromatic heterocycles. The maximum Gasteiger partial charge on any atom is 0.354 e. The van der Waals surface area contributed by atoms with E-state index in [1.807, 2.05) is 41.5 Å². The van der Waals surface area contributed by atoms with Gasteiger partial charge in [0, 0.05) is 16.4 Å². The van der Waals surface area contributed by atoms with Gasteiger partial charge in [0.2, 0.25) is 0 Å². The second-order valence-electron chi connectivity index (χ2n) is 13.8. The second-order valence-corrected chi connectivity index (χ2v) is 16.5. The van der Waals surface area contributed by atoms with Crippen LogP contribution in [-0.4, -0.2) is 47.0 Å². The molecular formula is C31H34N2O9S2. The van der Waals surface area contributed by atoms with Crippen molar-refractivity contribution in [1.82, 2.24) is 9.97 Å². The summed E-state index contributed by atoms with van der Waals surface area (Å²) in [6, 6.07) is 3.43. The van der Waals surface area contributed by atoms with Crippen molar-refractivity contribution < 1.29 is 40.6 Å². The lowest BCUT2D eigenvalue weighted by atomic mass is 9.69. The Labute approximate surface area is 255 Å². The molecule has 0 bridgehead atoms. The average molecular weight is 643 g/mol. The highest BCUT2D eigenvalue weighted by Crippen LogP contribution is 2.51. The van der Waals surface area contributed by atoms with Crippen LogP contribution in [0.5, 0.6) is 11.5 Å². The van der Waals surface area contributed by atoms with Gasteiger partial charge in [0.1, 0.15) is 15.5 Å². The highest BCUT2D eigenvalue weighted by molar-refractivity contribution is 7.86. The molecule has 13 heteroatoms. The van der Waals surface area contributed by atoms with Crippen LogP contribution in [0.1, 0.15) is 105 Å². The maximum atomic E-state index is 13.2. The Morgan fingerprint density at radius 2 is 1.59 bits per heavy atom. The van der Waals surface area contributed by atoms with Gasteiger partial charge < -0.3 is 14.8 Å². The molecule has 2 unspecified atom stereocenters. The Balaban J connectivity index is 1.90. The van der Waals surface area contributed by atoms with Crippen molar-refractivity contribution in [2.45, 2.75) is 82.4 Å². The van der Waals surface area contributed by atoms with Gasteiger partial charge >= 0.3 is 5.97 Å². The number of rotatable bonds is 4. The van der Waals surface area contributed by atoms with E-state index in [1.54, 1.807) is 18.2 Å². The van der Waals surface area contributed by atoms with Crippen LogP contribution in [0.2, 0.25) is 0 Å². The van der Waals surface area contributed by atoms with Gasteiger partial charge in [-0.1, -0.05) is 47.6 Å². The topological polar surface area (TPSA) is 184 Å². The van der Waals surface area contributed by atoms with E-state index in [2.05, 4.69) is 9.97 Å². The molecule has 2 aliphatic carbocycles. The number of nitrogens with zero attached hydrogens (tertiary/aromatic N) is 1. The first-order chi connectivity index (χ1) is 20.2. The van der Waals surface area contributed by atoms with Gasteiger partial charge in [0.05, 0.1) is 6.33 Å². The van der Waals surface area contributed by atoms with Crippen LogP contribution in [0.15, 0.2) is 28.3 Å². The predicted octanol–water partition coefficient (Wildman–Crippen LogP) is 4.34. The van der Waals surface area contributed by atoms with Crippen molar-refractivity contribution in [2.24, 2.45) is 10.8 Å². The van der Waals surface area contributed by atoms with Crippen LogP contribution in [0.4, 0.5) is 0 Å². The lowest BCUT2D eigenvalue weighted by molar-refractivity contribution is 0.0690. The molecule has 0 radical (unpaired) electrons. The molecule has 2 aromatic carbocycles. The Bertz CT molecular complexity index is 2140. The quantitative estimate of drug-likeness (QED) is 0.234. The van der Waals surface area contributed by atoms with Crippen molar-refractivity contribution >= 4 is 37.9 Å². The molecule has 6 rings (SSSR count). The van der Waals surface area contributed by atoms with Gasteiger partial charge in [-0.25, -0.2) is 9.78 Å². The Hall–Kier alpha value is -3.52. The van der Waals surface area contributed by atoms with Gasteiger partial charge in [-0.15, -0.1) is 0 Å². The number of H-pyrrole nitrogens is 1. The summed E-state index contributed by atoms with van der Waals surface area (Å²) in [7, 11) is -9.98. The van der Waals surface area contributed by atoms with E-state index in [4.69, 9.17) is 4.74 Å². The highest BCUT2D eigenvalue weighted by Gasteiger charge is 2.42. The number of aromatic carboxylic acids is 1. The Morgan fingerprint density at radius 3 is 2.20 bits per heavy atom. The van der Waals surface area contributed by atoms with Gasteiger partial charge in [-0.3, -0.25) is 9.11 Å². The first-order valence-electron chi connectivity index (χ1n) is 14.2. The zero-order chi connectivity index (χ0) is 32.3. The number of aromatic nitrogens is 2. The lowest BCUT2D eigenvalue weighted by Crippen LogP contribution is -2.35. The molecule has 2 heterocycles. The summed E-state index contributed by atoms with van der Waals surface area (Å²) in [5.74, 6) is -2.39. The minimum Gasteiger partial charge on any atom is -0.477 e. The maximum absolute atomic E-state index is 13.2. The summed E-state index contributed by atoms with van der Waals surface area (Å²) in [6.45, 7) is 11.7. The largest absolute Gasteiger partial charge is 0.477 e. The number of benzene rings is 2. The van der Waals surface area contributed by atoms with Crippen LogP contribution in [0, 0.1) is 10.8 Å². The van der Waals surface area contributed by atoms with E-state index in [0.29, 0.717) is 29.5 Å². The van der Waals surface area contributed by atoms with Crippen molar-refractivity contribution in [3.05, 3.63) is 62.5 Å². The number of nitrogens with one attached hydrogen (secondary N) is 1. The predicted molar refractivity (Wildman–Crippen MR) is 161 cm³/mol. The number of imidazole rings is 1. The van der Waals surface area contributed by atoms with Gasteiger partial charge in [-0.05, 0) is 76.0 Å². The fraction of sp³-hybridized carbons (Fsp3) is 0.419. The standard InChI is InChI=1S/C31H34N2O9S2/c1-14-9-30(3,4)11-20-16(14)7-18-22(23-24(29(34)35)33-13-32-23)19-8-17-15(2)10-31(5,6)12-21(17)28(44(39,40)41)26(19)42-25(18)27(20)43(36,37)38/h7-8,11,13-15H,9-10,12H2,1-6H3,(H,32,33)(H,34,35)(H,36,37,38)(H,39,40,41). The van der Waals surface area contributed by atoms with Crippen LogP contribution < -0.4 is 15.2 Å². The van der Waals surface area contributed by atoms with Crippen LogP contribution in [0.3, 0.4) is 0 Å². The average Bonchev–Trinajstić information content (AvgIpc) is 3.32. The molecule has 3 aromatic rings. The summed E-state index contributed by atoms with van der Waals surface area (Å²) in [5.41, 5.74) is 0.624. The highest BCUT2D eigenvalue weighted by atomic mass is 32.2. The van der Waals surface area contributed by atoms with Crippen molar-refractivity contribution in [1.29, 1.82) is 0 Å². The number of hydrogen-bond acceptors (Lipinski definition) is 7. The zero-order valence-electron chi connectivity index (χ0n) is 25.1. The normalized spacial score (nSPS) is 21.7. The van der Waals surface area contributed by atoms with Crippen molar-refractivity contribution in [3.63, 3.8) is 0 Å². The van der Waals surface area contributed by atoms with E-state index in [9.17, 15) is 35.8 Å². The first-order valence-corrected chi connectivity index (χ1v) is 17.1. The molecule has 0 spiro atoms.